The number of rotatable bonds is 5. The van der Waals surface area contributed by atoms with Gasteiger partial charge in [-0.1, -0.05) is 18.2 Å². The quantitative estimate of drug-likeness (QED) is 0.618. The molecule has 1 aromatic heterocycles. The highest BCUT2D eigenvalue weighted by Crippen LogP contribution is 2.17. The lowest BCUT2D eigenvalue weighted by Gasteiger charge is -2.19. The van der Waals surface area contributed by atoms with Crippen LogP contribution in [0.15, 0.2) is 48.7 Å². The Morgan fingerprint density at radius 2 is 1.92 bits per heavy atom. The lowest BCUT2D eigenvalue weighted by molar-refractivity contribution is -0.447. The molecule has 0 fully saturated rings. The number of aromatic nitrogens is 2. The van der Waals surface area contributed by atoms with Gasteiger partial charge in [0.05, 0.1) is 5.97 Å². The molecule has 0 spiro atoms. The Labute approximate surface area is 143 Å². The van der Waals surface area contributed by atoms with Gasteiger partial charge in [0, 0.05) is 18.3 Å². The van der Waals surface area contributed by atoms with Gasteiger partial charge in [-0.05, 0) is 25.1 Å². The summed E-state index contributed by atoms with van der Waals surface area (Å²) < 4.78 is 0. The molecule has 9 nitrogen and oxygen atoms in total. The molecule has 0 atom stereocenters. The van der Waals surface area contributed by atoms with Gasteiger partial charge in [-0.2, -0.15) is 5.10 Å². The number of hydrogen-bond acceptors (Lipinski definition) is 5. The zero-order chi connectivity index (χ0) is 18.8. The smallest absolute Gasteiger partial charge is 0.328 e. The van der Waals surface area contributed by atoms with Crippen LogP contribution in [-0.4, -0.2) is 34.6 Å². The van der Waals surface area contributed by atoms with E-state index in [0.717, 1.165) is 5.69 Å². The number of nitrogens with two attached hydrogens (primary N) is 1. The maximum Gasteiger partial charge on any atom is 0.328 e. The van der Waals surface area contributed by atoms with Crippen molar-refractivity contribution in [1.29, 1.82) is 0 Å². The van der Waals surface area contributed by atoms with Crippen molar-refractivity contribution in [2.75, 3.05) is 17.2 Å². The number of H-pyrrole nitrogens is 2. The van der Waals surface area contributed by atoms with Crippen LogP contribution in [0, 0.1) is 0 Å². The van der Waals surface area contributed by atoms with E-state index in [9.17, 15) is 19.5 Å². The van der Waals surface area contributed by atoms with Gasteiger partial charge in [-0.3, -0.25) is 4.79 Å². The molecule has 0 radical (unpaired) electrons. The zero-order valence-electron chi connectivity index (χ0n) is 13.4. The number of nitrogens with zero attached hydrogens (tertiary/aromatic N) is 1. The summed E-state index contributed by atoms with van der Waals surface area (Å²) in [6, 6.07) is 9.51. The van der Waals surface area contributed by atoms with Crippen molar-refractivity contribution in [3.05, 3.63) is 54.2 Å². The highest BCUT2D eigenvalue weighted by molar-refractivity contribution is 6.08. The summed E-state index contributed by atoms with van der Waals surface area (Å²) in [7, 11) is 0. The number of para-hydroxylation sites is 1. The van der Waals surface area contributed by atoms with E-state index in [1.807, 2.05) is 37.3 Å². The number of nitrogens with one attached hydrogen (secondary N) is 2. The van der Waals surface area contributed by atoms with Gasteiger partial charge in [0.25, 0.3) is 5.91 Å². The first-order chi connectivity index (χ1) is 11.9. The van der Waals surface area contributed by atoms with Crippen LogP contribution in [0.4, 0.5) is 11.5 Å². The van der Waals surface area contributed by atoms with Crippen molar-refractivity contribution in [3.8, 4) is 0 Å². The Balaban J connectivity index is 0.000000333. The molecule has 0 unspecified atom stereocenters. The summed E-state index contributed by atoms with van der Waals surface area (Å²) in [5.41, 5.74) is 6.99. The minimum Gasteiger partial charge on any atom is -0.545 e. The van der Waals surface area contributed by atoms with Crippen molar-refractivity contribution in [3.63, 3.8) is 0 Å². The minimum absolute atomic E-state index is 0.117. The van der Waals surface area contributed by atoms with E-state index >= 15 is 0 Å². The number of benzene rings is 1. The highest BCUT2D eigenvalue weighted by atomic mass is 16.4. The Bertz CT molecular complexity index is 739. The molecule has 9 heteroatoms. The third-order valence-corrected chi connectivity index (χ3v) is 2.94. The molecule has 2 aromatic rings. The van der Waals surface area contributed by atoms with Crippen LogP contribution in [0.5, 0.6) is 0 Å². The Kier molecular flexibility index (Phi) is 7.38. The number of carbonyl (C=O) groups excluding carboxylic acids is 2. The largest absolute Gasteiger partial charge is 0.545 e. The molecule has 0 saturated carbocycles. The second-order valence-electron chi connectivity index (χ2n) is 4.62. The minimum atomic E-state index is -1.51. The molecule has 2 rings (SSSR count). The van der Waals surface area contributed by atoms with E-state index in [1.54, 1.807) is 11.1 Å². The van der Waals surface area contributed by atoms with E-state index in [-0.39, 0.29) is 5.91 Å². The number of nitrogen functional groups attached to an aromatic ring is 1. The van der Waals surface area contributed by atoms with Crippen molar-refractivity contribution in [2.24, 2.45) is 0 Å². The van der Waals surface area contributed by atoms with Crippen LogP contribution >= 0.6 is 0 Å². The SMILES string of the molecule is CCN(C(=O)c1c[nH+][nH]c1N)c1ccccc1.O=C([O-])C=CC(=O)O. The molecule has 0 bridgehead atoms. The molecule has 25 heavy (non-hydrogen) atoms. The number of aromatic amines is 2. The Morgan fingerprint density at radius 1 is 1.28 bits per heavy atom. The standard InChI is InChI=1S/C12H14N4O.C4H4O4/c1-2-16(9-6-4-3-5-7-9)12(17)10-8-14-15-11(10)13;5-3(6)1-2-4(7)8/h3-8H,2H2,1H3,(H3,13,14,15);1-2H,(H,5,6)(H,7,8). The maximum absolute atomic E-state index is 12.3. The summed E-state index contributed by atoms with van der Waals surface area (Å²) >= 11 is 0. The second kappa shape index (κ2) is 9.50. The third kappa shape index (κ3) is 6.18. The molecule has 0 aliphatic carbocycles. The molecule has 0 aliphatic heterocycles. The van der Waals surface area contributed by atoms with Crippen molar-refractivity contribution < 1.29 is 29.7 Å². The van der Waals surface area contributed by atoms with Crippen molar-refractivity contribution in [2.45, 2.75) is 6.92 Å². The Hall–Kier alpha value is -3.62. The first-order valence-corrected chi connectivity index (χ1v) is 7.20. The first-order valence-electron chi connectivity index (χ1n) is 7.20. The number of amides is 1. The second-order valence-corrected chi connectivity index (χ2v) is 4.62. The van der Waals surface area contributed by atoms with Gasteiger partial charge >= 0.3 is 5.97 Å². The summed E-state index contributed by atoms with van der Waals surface area (Å²) in [5.74, 6) is -2.57. The van der Waals surface area contributed by atoms with Crippen LogP contribution in [-0.2, 0) is 9.59 Å². The predicted octanol–water partition coefficient (Wildman–Crippen LogP) is -0.545. The molecule has 1 aromatic carbocycles. The third-order valence-electron chi connectivity index (χ3n) is 2.94. The van der Waals surface area contributed by atoms with Gasteiger partial charge in [-0.15, -0.1) is 5.10 Å². The number of carboxylic acid groups (broad SMARTS) is 2. The van der Waals surface area contributed by atoms with Crippen molar-refractivity contribution >= 4 is 29.4 Å². The van der Waals surface area contributed by atoms with Crippen LogP contribution in [0.2, 0.25) is 0 Å². The average molecular weight is 346 g/mol. The monoisotopic (exact) mass is 346 g/mol. The first kappa shape index (κ1) is 19.4. The van der Waals surface area contributed by atoms with E-state index in [0.29, 0.717) is 30.1 Å². The van der Waals surface area contributed by atoms with Gasteiger partial charge in [0.2, 0.25) is 6.20 Å². The van der Waals surface area contributed by atoms with E-state index in [4.69, 9.17) is 10.8 Å². The van der Waals surface area contributed by atoms with E-state index in [1.165, 1.54) is 0 Å². The van der Waals surface area contributed by atoms with Crippen LogP contribution in [0.25, 0.3) is 0 Å². The van der Waals surface area contributed by atoms with Gasteiger partial charge in [0.15, 0.2) is 11.4 Å². The lowest BCUT2D eigenvalue weighted by atomic mass is 10.2. The molecular weight excluding hydrogens is 328 g/mol. The molecule has 1 heterocycles. The predicted molar refractivity (Wildman–Crippen MR) is 87.3 cm³/mol. The summed E-state index contributed by atoms with van der Waals surface area (Å²) in [6.07, 6.45) is 2.51. The number of anilines is 2. The molecule has 132 valence electrons. The van der Waals surface area contributed by atoms with Crippen molar-refractivity contribution in [1.82, 2.24) is 5.10 Å². The Morgan fingerprint density at radius 3 is 2.32 bits per heavy atom. The maximum atomic E-state index is 12.3. The molecular formula is C16H18N4O5. The fourth-order valence-electron chi connectivity index (χ4n) is 1.84. The van der Waals surface area contributed by atoms with Gasteiger partial charge in [0.1, 0.15) is 0 Å². The average Bonchev–Trinajstić information content (AvgIpc) is 3.01. The number of carbonyl (C=O) groups is 3. The van der Waals surface area contributed by atoms with E-state index in [2.05, 4.69) is 10.2 Å². The summed E-state index contributed by atoms with van der Waals surface area (Å²) in [5, 5.41) is 22.6. The van der Waals surface area contributed by atoms with E-state index < -0.39 is 11.9 Å². The van der Waals surface area contributed by atoms with Gasteiger partial charge in [-0.25, -0.2) is 4.79 Å². The molecule has 5 N–H and O–H groups in total. The van der Waals surface area contributed by atoms with Crippen LogP contribution in [0.3, 0.4) is 0 Å². The lowest BCUT2D eigenvalue weighted by Crippen LogP contribution is -2.30. The van der Waals surface area contributed by atoms with Crippen LogP contribution in [0.1, 0.15) is 17.3 Å². The number of carboxylic acids is 2. The molecule has 0 saturated heterocycles. The molecule has 1 amide bonds. The number of aliphatic carboxylic acids is 2. The fraction of sp³-hybridized carbons (Fsp3) is 0.125. The topological polar surface area (TPSA) is 154 Å². The fourth-order valence-corrected chi connectivity index (χ4v) is 1.84. The number of hydrogen-bond donors (Lipinski definition) is 3. The molecule has 0 aliphatic rings. The van der Waals surface area contributed by atoms with Gasteiger partial charge < -0.3 is 25.6 Å². The summed E-state index contributed by atoms with van der Waals surface area (Å²) in [4.78, 5) is 32.9. The zero-order valence-corrected chi connectivity index (χ0v) is 13.4. The van der Waals surface area contributed by atoms with Crippen LogP contribution < -0.4 is 20.8 Å². The highest BCUT2D eigenvalue weighted by Gasteiger charge is 2.21. The summed E-state index contributed by atoms with van der Waals surface area (Å²) in [6.45, 7) is 2.52. The normalized spacial score (nSPS) is 9.96.